The van der Waals surface area contributed by atoms with E-state index in [9.17, 15) is 0 Å². The third kappa shape index (κ3) is 4.05. The van der Waals surface area contributed by atoms with Gasteiger partial charge in [0.2, 0.25) is 0 Å². The molecule has 0 amide bonds. The van der Waals surface area contributed by atoms with E-state index in [1.807, 2.05) is 11.6 Å². The first kappa shape index (κ1) is 13.0. The summed E-state index contributed by atoms with van der Waals surface area (Å²) in [5, 5.41) is 3.27. The summed E-state index contributed by atoms with van der Waals surface area (Å²) in [5.74, 6) is 0. The molecule has 0 aromatic carbocycles. The van der Waals surface area contributed by atoms with Crippen LogP contribution in [0, 0.1) is 0 Å². The Labute approximate surface area is 108 Å². The normalized spacial score (nSPS) is 17.4. The molecule has 1 aliphatic carbocycles. The lowest BCUT2D eigenvalue weighted by atomic mass is 10.2. The number of rotatable bonds is 6. The maximum absolute atomic E-state index is 4.32. The van der Waals surface area contributed by atoms with E-state index in [0.29, 0.717) is 0 Å². The highest BCUT2D eigenvalue weighted by atomic mass is 32.1. The Hall–Kier alpha value is -0.450. The van der Waals surface area contributed by atoms with E-state index in [2.05, 4.69) is 28.9 Å². The first-order valence-electron chi connectivity index (χ1n) is 6.53. The van der Waals surface area contributed by atoms with E-state index in [1.54, 1.807) is 11.3 Å². The van der Waals surface area contributed by atoms with Crippen LogP contribution < -0.4 is 0 Å². The van der Waals surface area contributed by atoms with E-state index in [0.717, 1.165) is 19.1 Å². The molecule has 1 saturated carbocycles. The van der Waals surface area contributed by atoms with Crippen molar-refractivity contribution < 1.29 is 0 Å². The van der Waals surface area contributed by atoms with Crippen molar-refractivity contribution in [1.29, 1.82) is 0 Å². The molecule has 1 aromatic heterocycles. The summed E-state index contributed by atoms with van der Waals surface area (Å²) >= 11 is 1.74. The summed E-state index contributed by atoms with van der Waals surface area (Å²) < 4.78 is 0. The summed E-state index contributed by atoms with van der Waals surface area (Å²) in [4.78, 5) is 9.22. The number of likely N-dealkylation sites (N-methyl/N-ethyl adjacent to an activating group) is 2. The van der Waals surface area contributed by atoms with Gasteiger partial charge in [0.25, 0.3) is 0 Å². The van der Waals surface area contributed by atoms with Gasteiger partial charge in [-0.25, -0.2) is 4.98 Å². The molecule has 0 bridgehead atoms. The van der Waals surface area contributed by atoms with Gasteiger partial charge in [-0.3, -0.25) is 4.90 Å². The fourth-order valence-corrected chi connectivity index (χ4v) is 3.19. The molecule has 3 nitrogen and oxygen atoms in total. The van der Waals surface area contributed by atoms with Gasteiger partial charge in [0.1, 0.15) is 5.01 Å². The second kappa shape index (κ2) is 6.47. The molecule has 2 rings (SSSR count). The lowest BCUT2D eigenvalue weighted by molar-refractivity contribution is 0.204. The van der Waals surface area contributed by atoms with Gasteiger partial charge in [0, 0.05) is 30.7 Å². The maximum Gasteiger partial charge on any atom is 0.107 e. The second-order valence-electron chi connectivity index (χ2n) is 5.08. The van der Waals surface area contributed by atoms with Gasteiger partial charge < -0.3 is 4.90 Å². The van der Waals surface area contributed by atoms with Crippen molar-refractivity contribution in [2.75, 3.05) is 27.2 Å². The van der Waals surface area contributed by atoms with Crippen LogP contribution in [-0.4, -0.2) is 48.0 Å². The molecule has 0 aliphatic heterocycles. The van der Waals surface area contributed by atoms with E-state index in [-0.39, 0.29) is 0 Å². The van der Waals surface area contributed by atoms with Crippen LogP contribution in [0.15, 0.2) is 11.6 Å². The molecule has 0 unspecified atom stereocenters. The molecule has 0 saturated heterocycles. The molecule has 1 heterocycles. The Bertz CT molecular complexity index is 306. The van der Waals surface area contributed by atoms with Gasteiger partial charge in [0.15, 0.2) is 0 Å². The molecule has 0 spiro atoms. The highest BCUT2D eigenvalue weighted by Crippen LogP contribution is 2.22. The topological polar surface area (TPSA) is 19.4 Å². The highest BCUT2D eigenvalue weighted by Gasteiger charge is 2.19. The van der Waals surface area contributed by atoms with Gasteiger partial charge in [-0.2, -0.15) is 0 Å². The van der Waals surface area contributed by atoms with Gasteiger partial charge >= 0.3 is 0 Å². The third-order valence-electron chi connectivity index (χ3n) is 3.67. The highest BCUT2D eigenvalue weighted by molar-refractivity contribution is 7.09. The molecule has 0 atom stereocenters. The largest absolute Gasteiger partial charge is 0.302 e. The number of hydrogen-bond donors (Lipinski definition) is 0. The zero-order chi connectivity index (χ0) is 12.1. The van der Waals surface area contributed by atoms with Crippen LogP contribution in [-0.2, 0) is 6.54 Å². The van der Waals surface area contributed by atoms with E-state index in [1.165, 1.54) is 37.2 Å². The molecule has 96 valence electrons. The monoisotopic (exact) mass is 253 g/mol. The molecule has 0 radical (unpaired) electrons. The first-order valence-corrected chi connectivity index (χ1v) is 7.41. The average Bonchev–Trinajstić information content (AvgIpc) is 2.97. The van der Waals surface area contributed by atoms with E-state index < -0.39 is 0 Å². The summed E-state index contributed by atoms with van der Waals surface area (Å²) in [5.41, 5.74) is 0. The van der Waals surface area contributed by atoms with Crippen LogP contribution in [0.1, 0.15) is 30.7 Å². The predicted octanol–water partition coefficient (Wildman–Crippen LogP) is 2.45. The number of hydrogen-bond acceptors (Lipinski definition) is 4. The Morgan fingerprint density at radius 1 is 1.29 bits per heavy atom. The lowest BCUT2D eigenvalue weighted by Crippen LogP contribution is -2.36. The molecule has 0 N–H and O–H groups in total. The van der Waals surface area contributed by atoms with Crippen molar-refractivity contribution >= 4 is 11.3 Å². The van der Waals surface area contributed by atoms with Crippen LogP contribution in [0.2, 0.25) is 0 Å². The predicted molar refractivity (Wildman–Crippen MR) is 73.3 cm³/mol. The van der Waals surface area contributed by atoms with Gasteiger partial charge in [0.05, 0.1) is 6.54 Å². The van der Waals surface area contributed by atoms with Crippen molar-refractivity contribution in [2.45, 2.75) is 38.3 Å². The van der Waals surface area contributed by atoms with Crippen LogP contribution in [0.5, 0.6) is 0 Å². The van der Waals surface area contributed by atoms with Crippen LogP contribution >= 0.6 is 11.3 Å². The van der Waals surface area contributed by atoms with Gasteiger partial charge in [-0.05, 0) is 26.9 Å². The Morgan fingerprint density at radius 2 is 2.06 bits per heavy atom. The molecule has 1 fully saturated rings. The Morgan fingerprint density at radius 3 is 2.71 bits per heavy atom. The lowest BCUT2D eigenvalue weighted by Gasteiger charge is -2.26. The van der Waals surface area contributed by atoms with Crippen LogP contribution in [0.4, 0.5) is 0 Å². The zero-order valence-electron chi connectivity index (χ0n) is 10.9. The maximum atomic E-state index is 4.32. The molecular formula is C13H23N3S. The van der Waals surface area contributed by atoms with Crippen molar-refractivity contribution in [3.05, 3.63) is 16.6 Å². The first-order chi connectivity index (χ1) is 8.25. The summed E-state index contributed by atoms with van der Waals surface area (Å²) in [6, 6.07) is 0.836. The minimum atomic E-state index is 0.836. The molecular weight excluding hydrogens is 230 g/mol. The second-order valence-corrected chi connectivity index (χ2v) is 6.06. The average molecular weight is 253 g/mol. The molecule has 4 heteroatoms. The molecule has 1 aliphatic rings. The van der Waals surface area contributed by atoms with Gasteiger partial charge in [-0.15, -0.1) is 11.3 Å². The minimum absolute atomic E-state index is 0.836. The zero-order valence-corrected chi connectivity index (χ0v) is 11.7. The van der Waals surface area contributed by atoms with Crippen molar-refractivity contribution in [3.63, 3.8) is 0 Å². The quantitative estimate of drug-likeness (QED) is 0.776. The number of aromatic nitrogens is 1. The number of thiazole rings is 1. The summed E-state index contributed by atoms with van der Waals surface area (Å²) in [6.07, 6.45) is 7.52. The van der Waals surface area contributed by atoms with Crippen LogP contribution in [0.3, 0.4) is 0 Å². The smallest absolute Gasteiger partial charge is 0.107 e. The SMILES string of the molecule is CN(CCN(C)C1CCCC1)Cc1nccs1. The summed E-state index contributed by atoms with van der Waals surface area (Å²) in [7, 11) is 4.46. The van der Waals surface area contributed by atoms with Crippen LogP contribution in [0.25, 0.3) is 0 Å². The van der Waals surface area contributed by atoms with E-state index >= 15 is 0 Å². The number of nitrogens with zero attached hydrogens (tertiary/aromatic N) is 3. The summed E-state index contributed by atoms with van der Waals surface area (Å²) in [6.45, 7) is 3.29. The van der Waals surface area contributed by atoms with Crippen molar-refractivity contribution in [1.82, 2.24) is 14.8 Å². The minimum Gasteiger partial charge on any atom is -0.302 e. The Kier molecular flexibility index (Phi) is 4.95. The van der Waals surface area contributed by atoms with Crippen molar-refractivity contribution in [2.24, 2.45) is 0 Å². The third-order valence-corrected chi connectivity index (χ3v) is 4.44. The van der Waals surface area contributed by atoms with E-state index in [4.69, 9.17) is 0 Å². The van der Waals surface area contributed by atoms with Gasteiger partial charge in [-0.1, -0.05) is 12.8 Å². The van der Waals surface area contributed by atoms with Crippen molar-refractivity contribution in [3.8, 4) is 0 Å². The fraction of sp³-hybridized carbons (Fsp3) is 0.769. The molecule has 1 aromatic rings. The molecule has 17 heavy (non-hydrogen) atoms. The standard InChI is InChI=1S/C13H23N3S/c1-15(11-13-14-7-10-17-13)8-9-16(2)12-5-3-4-6-12/h7,10,12H,3-6,8-9,11H2,1-2H3. The fourth-order valence-electron chi connectivity index (χ4n) is 2.50. The Balaban J connectivity index is 1.66.